The maximum Gasteiger partial charge on any atom is 0.142 e. The van der Waals surface area contributed by atoms with Crippen LogP contribution in [-0.2, 0) is 6.42 Å². The van der Waals surface area contributed by atoms with Gasteiger partial charge >= 0.3 is 0 Å². The van der Waals surface area contributed by atoms with Crippen molar-refractivity contribution in [3.8, 4) is 17.3 Å². The Kier molecular flexibility index (Phi) is 3.57. The summed E-state index contributed by atoms with van der Waals surface area (Å²) >= 11 is 5.96. The Balaban J connectivity index is 2.28. The number of nitrogens with zero attached hydrogens (tertiary/aromatic N) is 2. The van der Waals surface area contributed by atoms with Crippen molar-refractivity contribution < 1.29 is 0 Å². The van der Waals surface area contributed by atoms with Crippen LogP contribution in [0.15, 0.2) is 24.3 Å². The van der Waals surface area contributed by atoms with Gasteiger partial charge in [0.2, 0.25) is 0 Å². The predicted molar refractivity (Wildman–Crippen MR) is 85.2 cm³/mol. The molecule has 0 aliphatic heterocycles. The first-order valence-electron chi connectivity index (χ1n) is 7.10. The molecule has 0 saturated carbocycles. The number of nitrogen functional groups attached to an aromatic ring is 1. The molecule has 21 heavy (non-hydrogen) atoms. The molecule has 2 N–H and O–H groups in total. The molecular formula is C17H16ClN3. The average Bonchev–Trinajstić information content (AvgIpc) is 2.47. The van der Waals surface area contributed by atoms with E-state index in [9.17, 15) is 5.26 Å². The zero-order valence-electron chi connectivity index (χ0n) is 11.9. The quantitative estimate of drug-likeness (QED) is 0.853. The SMILES string of the molecule is C[C@H]1CCCc2c(C#N)c(N)nc(-c3ccc(Cl)cc3)c21. The van der Waals surface area contributed by atoms with Crippen molar-refractivity contribution in [2.45, 2.75) is 32.1 Å². The van der Waals surface area contributed by atoms with E-state index in [2.05, 4.69) is 18.0 Å². The Morgan fingerprint density at radius 1 is 1.33 bits per heavy atom. The van der Waals surface area contributed by atoms with Gasteiger partial charge in [0.05, 0.1) is 11.3 Å². The molecule has 0 bridgehead atoms. The number of rotatable bonds is 1. The summed E-state index contributed by atoms with van der Waals surface area (Å²) in [6.45, 7) is 2.19. The second kappa shape index (κ2) is 5.38. The topological polar surface area (TPSA) is 62.7 Å². The summed E-state index contributed by atoms with van der Waals surface area (Å²) in [7, 11) is 0. The molecule has 0 saturated heterocycles. The minimum atomic E-state index is 0.329. The third kappa shape index (κ3) is 2.36. The summed E-state index contributed by atoms with van der Waals surface area (Å²) in [5.74, 6) is 0.718. The van der Waals surface area contributed by atoms with Gasteiger partial charge in [-0.15, -0.1) is 0 Å². The van der Waals surface area contributed by atoms with Crippen molar-refractivity contribution in [3.63, 3.8) is 0 Å². The van der Waals surface area contributed by atoms with Crippen LogP contribution in [-0.4, -0.2) is 4.98 Å². The molecule has 0 spiro atoms. The maximum atomic E-state index is 9.37. The minimum Gasteiger partial charge on any atom is -0.383 e. The molecule has 0 fully saturated rings. The third-order valence-corrected chi connectivity index (χ3v) is 4.41. The Morgan fingerprint density at radius 2 is 2.05 bits per heavy atom. The van der Waals surface area contributed by atoms with Crippen molar-refractivity contribution in [2.24, 2.45) is 0 Å². The maximum absolute atomic E-state index is 9.37. The largest absolute Gasteiger partial charge is 0.383 e. The van der Waals surface area contributed by atoms with Gasteiger partial charge in [-0.25, -0.2) is 4.98 Å². The number of halogens is 1. The standard InChI is InChI=1S/C17H16ClN3/c1-10-3-2-4-13-14(9-19)17(20)21-16(15(10)13)11-5-7-12(18)8-6-11/h5-8,10H,2-4H2,1H3,(H2,20,21)/t10-/m0/s1. The third-order valence-electron chi connectivity index (χ3n) is 4.16. The van der Waals surface area contributed by atoms with Crippen molar-refractivity contribution in [3.05, 3.63) is 46.0 Å². The van der Waals surface area contributed by atoms with E-state index in [4.69, 9.17) is 17.3 Å². The smallest absolute Gasteiger partial charge is 0.142 e. The molecular weight excluding hydrogens is 282 g/mol. The fraction of sp³-hybridized carbons (Fsp3) is 0.294. The van der Waals surface area contributed by atoms with E-state index in [1.807, 2.05) is 24.3 Å². The lowest BCUT2D eigenvalue weighted by molar-refractivity contribution is 0.588. The van der Waals surface area contributed by atoms with Crippen molar-refractivity contribution in [2.75, 3.05) is 5.73 Å². The van der Waals surface area contributed by atoms with Crippen LogP contribution in [0.4, 0.5) is 5.82 Å². The first kappa shape index (κ1) is 13.9. The van der Waals surface area contributed by atoms with Gasteiger partial charge in [-0.2, -0.15) is 5.26 Å². The van der Waals surface area contributed by atoms with Crippen molar-refractivity contribution in [1.82, 2.24) is 4.98 Å². The normalized spacial score (nSPS) is 17.1. The number of benzene rings is 1. The summed E-state index contributed by atoms with van der Waals surface area (Å²) in [6.07, 6.45) is 3.10. The van der Waals surface area contributed by atoms with Gasteiger partial charge in [0.1, 0.15) is 11.9 Å². The van der Waals surface area contributed by atoms with Crippen LogP contribution in [0.1, 0.15) is 42.4 Å². The Bertz CT molecular complexity index is 729. The van der Waals surface area contributed by atoms with Crippen LogP contribution < -0.4 is 5.73 Å². The molecule has 1 aliphatic rings. The number of hydrogen-bond donors (Lipinski definition) is 1. The highest BCUT2D eigenvalue weighted by Crippen LogP contribution is 2.40. The molecule has 1 aliphatic carbocycles. The molecule has 1 atom stereocenters. The highest BCUT2D eigenvalue weighted by Gasteiger charge is 2.26. The zero-order chi connectivity index (χ0) is 15.0. The second-order valence-electron chi connectivity index (χ2n) is 5.52. The van der Waals surface area contributed by atoms with E-state index in [1.165, 1.54) is 5.56 Å². The molecule has 1 aromatic carbocycles. The molecule has 3 nitrogen and oxygen atoms in total. The number of fused-ring (bicyclic) bond motifs is 1. The first-order valence-corrected chi connectivity index (χ1v) is 7.48. The molecule has 106 valence electrons. The van der Waals surface area contributed by atoms with Crippen LogP contribution in [0, 0.1) is 11.3 Å². The number of anilines is 1. The monoisotopic (exact) mass is 297 g/mol. The van der Waals surface area contributed by atoms with Gasteiger partial charge < -0.3 is 5.73 Å². The summed E-state index contributed by atoms with van der Waals surface area (Å²) in [5.41, 5.74) is 10.7. The van der Waals surface area contributed by atoms with E-state index in [-0.39, 0.29) is 0 Å². The molecule has 0 amide bonds. The number of pyridine rings is 1. The highest BCUT2D eigenvalue weighted by atomic mass is 35.5. The molecule has 1 aromatic heterocycles. The van der Waals surface area contributed by atoms with Crippen LogP contribution in [0.2, 0.25) is 5.02 Å². The fourth-order valence-electron chi connectivity index (χ4n) is 3.14. The lowest BCUT2D eigenvalue weighted by Crippen LogP contribution is -2.14. The van der Waals surface area contributed by atoms with Gasteiger partial charge in [0.25, 0.3) is 0 Å². The summed E-state index contributed by atoms with van der Waals surface area (Å²) in [5, 5.41) is 10.1. The molecule has 2 aromatic rings. The fourth-order valence-corrected chi connectivity index (χ4v) is 3.27. The van der Waals surface area contributed by atoms with Crippen LogP contribution in [0.3, 0.4) is 0 Å². The highest BCUT2D eigenvalue weighted by molar-refractivity contribution is 6.30. The Hall–Kier alpha value is -2.05. The van der Waals surface area contributed by atoms with E-state index in [1.54, 1.807) is 0 Å². The molecule has 4 heteroatoms. The Labute approximate surface area is 129 Å². The van der Waals surface area contributed by atoms with Gasteiger partial charge in [-0.3, -0.25) is 0 Å². The van der Waals surface area contributed by atoms with E-state index >= 15 is 0 Å². The van der Waals surface area contributed by atoms with Gasteiger partial charge in [0.15, 0.2) is 0 Å². The van der Waals surface area contributed by atoms with Crippen LogP contribution >= 0.6 is 11.6 Å². The lowest BCUT2D eigenvalue weighted by atomic mass is 9.80. The lowest BCUT2D eigenvalue weighted by Gasteiger charge is -2.26. The zero-order valence-corrected chi connectivity index (χ0v) is 12.6. The predicted octanol–water partition coefficient (Wildman–Crippen LogP) is 4.30. The van der Waals surface area contributed by atoms with Crippen molar-refractivity contribution >= 4 is 17.4 Å². The minimum absolute atomic E-state index is 0.329. The second-order valence-corrected chi connectivity index (χ2v) is 5.96. The number of nitriles is 1. The van der Waals surface area contributed by atoms with Crippen LogP contribution in [0.5, 0.6) is 0 Å². The summed E-state index contributed by atoms with van der Waals surface area (Å²) < 4.78 is 0. The van der Waals surface area contributed by atoms with Gasteiger partial charge in [0, 0.05) is 10.6 Å². The van der Waals surface area contributed by atoms with E-state index in [0.717, 1.165) is 36.1 Å². The molecule has 3 rings (SSSR count). The Morgan fingerprint density at radius 3 is 2.71 bits per heavy atom. The number of nitrogens with two attached hydrogens (primary N) is 1. The number of aromatic nitrogens is 1. The first-order chi connectivity index (χ1) is 10.1. The van der Waals surface area contributed by atoms with Gasteiger partial charge in [-0.05, 0) is 48.4 Å². The van der Waals surface area contributed by atoms with E-state index < -0.39 is 0 Å². The average molecular weight is 298 g/mol. The molecule has 0 radical (unpaired) electrons. The summed E-state index contributed by atoms with van der Waals surface area (Å²) in [4.78, 5) is 4.52. The summed E-state index contributed by atoms with van der Waals surface area (Å²) in [6, 6.07) is 9.84. The van der Waals surface area contributed by atoms with Crippen LogP contribution in [0.25, 0.3) is 11.3 Å². The molecule has 1 heterocycles. The molecule has 0 unspecified atom stereocenters. The van der Waals surface area contributed by atoms with Gasteiger partial charge in [-0.1, -0.05) is 30.7 Å². The van der Waals surface area contributed by atoms with E-state index in [0.29, 0.717) is 22.3 Å². The van der Waals surface area contributed by atoms with Crippen molar-refractivity contribution in [1.29, 1.82) is 5.26 Å². The number of hydrogen-bond acceptors (Lipinski definition) is 3.